The number of esters is 1. The van der Waals surface area contributed by atoms with Gasteiger partial charge in [0.15, 0.2) is 0 Å². The maximum atomic E-state index is 13.4. The van der Waals surface area contributed by atoms with Crippen molar-refractivity contribution in [2.24, 2.45) is 5.92 Å². The minimum Gasteiger partial charge on any atom is -0.464 e. The predicted molar refractivity (Wildman–Crippen MR) is 86.0 cm³/mol. The normalized spacial score (nSPS) is 13.5. The Kier molecular flexibility index (Phi) is 11.1. The van der Waals surface area contributed by atoms with Crippen LogP contribution in [0.4, 0.5) is 8.78 Å². The summed E-state index contributed by atoms with van der Waals surface area (Å²) in [7, 11) is 0. The first kappa shape index (κ1) is 20.7. The van der Waals surface area contributed by atoms with E-state index in [0.29, 0.717) is 37.5 Å². The maximum absolute atomic E-state index is 13.4. The number of thioether (sulfide) groups is 1. The number of hydrogen-bond donors (Lipinski definition) is 0. The van der Waals surface area contributed by atoms with Crippen LogP contribution in [0.15, 0.2) is 0 Å². The van der Waals surface area contributed by atoms with Crippen molar-refractivity contribution < 1.29 is 18.3 Å². The topological polar surface area (TPSA) is 26.3 Å². The standard InChI is InChI=1S/C16H30F2O2S/c1-5-8-15(19)20-12-14(13(3)4)21-11-7-10-16(17,18)9-6-2/h13-14H,5-12H2,1-4H3. The lowest BCUT2D eigenvalue weighted by molar-refractivity contribution is -0.143. The molecule has 1 unspecified atom stereocenters. The lowest BCUT2D eigenvalue weighted by atomic mass is 10.1. The lowest BCUT2D eigenvalue weighted by Gasteiger charge is -2.21. The monoisotopic (exact) mass is 324 g/mol. The molecule has 0 aliphatic rings. The van der Waals surface area contributed by atoms with E-state index in [-0.39, 0.29) is 24.1 Å². The molecule has 0 aliphatic carbocycles. The van der Waals surface area contributed by atoms with Gasteiger partial charge in [-0.2, -0.15) is 11.8 Å². The number of carbonyl (C=O) groups excluding carboxylic acids is 1. The van der Waals surface area contributed by atoms with Crippen molar-refractivity contribution in [2.75, 3.05) is 12.4 Å². The zero-order valence-corrected chi connectivity index (χ0v) is 14.6. The van der Waals surface area contributed by atoms with E-state index in [4.69, 9.17) is 4.74 Å². The number of carbonyl (C=O) groups is 1. The van der Waals surface area contributed by atoms with E-state index >= 15 is 0 Å². The SMILES string of the molecule is CCCC(=O)OCC(SCCCC(F)(F)CCC)C(C)C. The third-order valence-electron chi connectivity index (χ3n) is 3.24. The number of alkyl halides is 2. The van der Waals surface area contributed by atoms with Crippen LogP contribution >= 0.6 is 11.8 Å². The summed E-state index contributed by atoms with van der Waals surface area (Å²) in [6, 6.07) is 0. The average molecular weight is 324 g/mol. The highest BCUT2D eigenvalue weighted by Gasteiger charge is 2.26. The average Bonchev–Trinajstić information content (AvgIpc) is 2.37. The number of hydrogen-bond acceptors (Lipinski definition) is 3. The van der Waals surface area contributed by atoms with Crippen molar-refractivity contribution in [2.45, 2.75) is 77.4 Å². The summed E-state index contributed by atoms with van der Waals surface area (Å²) in [6.07, 6.45) is 2.17. The first-order valence-corrected chi connectivity index (χ1v) is 9.02. The quantitative estimate of drug-likeness (QED) is 0.360. The van der Waals surface area contributed by atoms with E-state index in [1.165, 1.54) is 0 Å². The van der Waals surface area contributed by atoms with Crippen molar-refractivity contribution in [3.63, 3.8) is 0 Å². The van der Waals surface area contributed by atoms with E-state index < -0.39 is 5.92 Å². The van der Waals surface area contributed by atoms with Crippen LogP contribution in [0.3, 0.4) is 0 Å². The van der Waals surface area contributed by atoms with Gasteiger partial charge in [-0.05, 0) is 24.5 Å². The molecule has 0 bridgehead atoms. The molecule has 0 saturated carbocycles. The molecule has 2 nitrogen and oxygen atoms in total. The van der Waals surface area contributed by atoms with E-state index in [0.717, 1.165) is 6.42 Å². The largest absolute Gasteiger partial charge is 0.464 e. The Bertz CT molecular complexity index is 283. The van der Waals surface area contributed by atoms with Gasteiger partial charge in [-0.15, -0.1) is 0 Å². The fraction of sp³-hybridized carbons (Fsp3) is 0.938. The summed E-state index contributed by atoms with van der Waals surface area (Å²) in [5.41, 5.74) is 0. The Morgan fingerprint density at radius 1 is 1.19 bits per heavy atom. The third kappa shape index (κ3) is 11.0. The Morgan fingerprint density at radius 2 is 1.86 bits per heavy atom. The highest BCUT2D eigenvalue weighted by molar-refractivity contribution is 7.99. The zero-order valence-electron chi connectivity index (χ0n) is 13.8. The highest BCUT2D eigenvalue weighted by Crippen LogP contribution is 2.28. The van der Waals surface area contributed by atoms with Crippen LogP contribution in [0.25, 0.3) is 0 Å². The molecule has 0 rings (SSSR count). The van der Waals surface area contributed by atoms with E-state index in [2.05, 4.69) is 13.8 Å². The Balaban J connectivity index is 3.97. The minimum absolute atomic E-state index is 0.0279. The summed E-state index contributed by atoms with van der Waals surface area (Å²) < 4.78 is 32.0. The lowest BCUT2D eigenvalue weighted by Crippen LogP contribution is -2.22. The van der Waals surface area contributed by atoms with Gasteiger partial charge in [-0.3, -0.25) is 4.79 Å². The first-order valence-electron chi connectivity index (χ1n) is 7.97. The van der Waals surface area contributed by atoms with Crippen LogP contribution in [0.2, 0.25) is 0 Å². The van der Waals surface area contributed by atoms with Crippen LogP contribution in [-0.4, -0.2) is 29.5 Å². The molecule has 0 heterocycles. The molecule has 0 radical (unpaired) electrons. The maximum Gasteiger partial charge on any atom is 0.305 e. The van der Waals surface area contributed by atoms with Gasteiger partial charge in [-0.1, -0.05) is 34.1 Å². The van der Waals surface area contributed by atoms with Crippen molar-refractivity contribution in [3.8, 4) is 0 Å². The molecular weight excluding hydrogens is 294 g/mol. The predicted octanol–water partition coefficient (Wildman–Crippen LogP) is 5.30. The van der Waals surface area contributed by atoms with Crippen LogP contribution in [0.5, 0.6) is 0 Å². The second-order valence-electron chi connectivity index (χ2n) is 5.80. The summed E-state index contributed by atoms with van der Waals surface area (Å²) in [5.74, 6) is -1.65. The molecule has 126 valence electrons. The van der Waals surface area contributed by atoms with Crippen LogP contribution < -0.4 is 0 Å². The molecule has 0 fully saturated rings. The molecule has 21 heavy (non-hydrogen) atoms. The van der Waals surface area contributed by atoms with Gasteiger partial charge in [0.1, 0.15) is 6.61 Å². The minimum atomic E-state index is -2.53. The molecule has 1 atom stereocenters. The van der Waals surface area contributed by atoms with Crippen molar-refractivity contribution >= 4 is 17.7 Å². The van der Waals surface area contributed by atoms with Crippen LogP contribution in [0.1, 0.15) is 66.2 Å². The van der Waals surface area contributed by atoms with Gasteiger partial charge in [0.25, 0.3) is 0 Å². The molecule has 0 aromatic rings. The van der Waals surface area contributed by atoms with Crippen molar-refractivity contribution in [1.29, 1.82) is 0 Å². The summed E-state index contributed by atoms with van der Waals surface area (Å²) in [6.45, 7) is 8.23. The molecule has 0 aliphatic heterocycles. The molecule has 0 aromatic heterocycles. The van der Waals surface area contributed by atoms with Gasteiger partial charge >= 0.3 is 5.97 Å². The molecule has 0 amide bonds. The van der Waals surface area contributed by atoms with Crippen molar-refractivity contribution in [1.82, 2.24) is 0 Å². The molecule has 0 aromatic carbocycles. The molecular formula is C16H30F2O2S. The Labute approximate surface area is 132 Å². The second kappa shape index (κ2) is 11.3. The molecule has 5 heteroatoms. The number of ether oxygens (including phenoxy) is 1. The Morgan fingerprint density at radius 3 is 2.38 bits per heavy atom. The summed E-state index contributed by atoms with van der Waals surface area (Å²) in [4.78, 5) is 11.4. The van der Waals surface area contributed by atoms with Gasteiger partial charge in [0.2, 0.25) is 5.92 Å². The third-order valence-corrected chi connectivity index (χ3v) is 4.87. The van der Waals surface area contributed by atoms with Gasteiger partial charge in [0.05, 0.1) is 0 Å². The number of rotatable bonds is 12. The molecule has 0 N–H and O–H groups in total. The molecule has 0 spiro atoms. The first-order chi connectivity index (χ1) is 9.82. The van der Waals surface area contributed by atoms with E-state index in [1.54, 1.807) is 18.7 Å². The highest BCUT2D eigenvalue weighted by atomic mass is 32.2. The van der Waals surface area contributed by atoms with Crippen molar-refractivity contribution in [3.05, 3.63) is 0 Å². The Hall–Kier alpha value is -0.320. The van der Waals surface area contributed by atoms with Gasteiger partial charge < -0.3 is 4.74 Å². The van der Waals surface area contributed by atoms with Gasteiger partial charge in [0, 0.05) is 24.5 Å². The summed E-state index contributed by atoms with van der Waals surface area (Å²) in [5, 5.41) is 0.186. The second-order valence-corrected chi connectivity index (χ2v) is 7.14. The number of halogens is 2. The fourth-order valence-corrected chi connectivity index (χ4v) is 3.10. The summed E-state index contributed by atoms with van der Waals surface area (Å²) >= 11 is 1.64. The zero-order chi connectivity index (χ0) is 16.3. The molecule has 0 saturated heterocycles. The van der Waals surface area contributed by atoms with Crippen LogP contribution in [0, 0.1) is 5.92 Å². The van der Waals surface area contributed by atoms with Crippen LogP contribution in [-0.2, 0) is 9.53 Å². The fourth-order valence-electron chi connectivity index (χ4n) is 1.94. The van der Waals surface area contributed by atoms with E-state index in [9.17, 15) is 13.6 Å². The van der Waals surface area contributed by atoms with E-state index in [1.807, 2.05) is 6.92 Å². The van der Waals surface area contributed by atoms with Gasteiger partial charge in [-0.25, -0.2) is 8.78 Å². The smallest absolute Gasteiger partial charge is 0.305 e.